The Morgan fingerprint density at radius 2 is 2.10 bits per heavy atom. The van der Waals surface area contributed by atoms with Crippen molar-refractivity contribution >= 4 is 16.8 Å². The maximum Gasteiger partial charge on any atom is 0.272 e. The topological polar surface area (TPSA) is 86.5 Å². The van der Waals surface area contributed by atoms with E-state index in [-0.39, 0.29) is 11.9 Å². The standard InChI is InChI=1S/C15H17N5O/c1-9(7-11-8-10(2)17-18-11)16-15(21)14-12-5-3-4-6-13(12)19-20-14/h3-6,8-9H,7H2,1-2H3,(H,16,21)(H,17,18)(H,19,20). The van der Waals surface area contributed by atoms with Gasteiger partial charge in [0.05, 0.1) is 11.2 Å². The van der Waals surface area contributed by atoms with Gasteiger partial charge in [0, 0.05) is 23.5 Å². The zero-order valence-corrected chi connectivity index (χ0v) is 12.0. The van der Waals surface area contributed by atoms with Crippen LogP contribution in [0.15, 0.2) is 30.3 Å². The Morgan fingerprint density at radius 1 is 1.29 bits per heavy atom. The molecule has 0 aliphatic rings. The predicted octanol–water partition coefficient (Wildman–Crippen LogP) is 1.96. The Morgan fingerprint density at radius 3 is 2.86 bits per heavy atom. The first kappa shape index (κ1) is 13.4. The number of para-hydroxylation sites is 1. The first-order chi connectivity index (χ1) is 10.1. The van der Waals surface area contributed by atoms with Crippen LogP contribution >= 0.6 is 0 Å². The third kappa shape index (κ3) is 2.79. The molecule has 3 aromatic rings. The number of hydrogen-bond donors (Lipinski definition) is 3. The lowest BCUT2D eigenvalue weighted by molar-refractivity contribution is 0.0936. The van der Waals surface area contributed by atoms with E-state index in [1.165, 1.54) is 0 Å². The van der Waals surface area contributed by atoms with E-state index < -0.39 is 0 Å². The van der Waals surface area contributed by atoms with Crippen molar-refractivity contribution in [3.05, 3.63) is 47.4 Å². The number of aromatic amines is 2. The fraction of sp³-hybridized carbons (Fsp3) is 0.267. The van der Waals surface area contributed by atoms with Gasteiger partial charge in [-0.25, -0.2) is 0 Å². The molecule has 1 unspecified atom stereocenters. The van der Waals surface area contributed by atoms with Gasteiger partial charge in [0.25, 0.3) is 5.91 Å². The summed E-state index contributed by atoms with van der Waals surface area (Å²) in [5.41, 5.74) is 3.24. The summed E-state index contributed by atoms with van der Waals surface area (Å²) in [6.45, 7) is 3.91. The molecule has 3 N–H and O–H groups in total. The van der Waals surface area contributed by atoms with Gasteiger partial charge in [0.1, 0.15) is 0 Å². The summed E-state index contributed by atoms with van der Waals surface area (Å²) in [7, 11) is 0. The number of rotatable bonds is 4. The monoisotopic (exact) mass is 283 g/mol. The van der Waals surface area contributed by atoms with Gasteiger partial charge in [0.2, 0.25) is 0 Å². The highest BCUT2D eigenvalue weighted by Gasteiger charge is 2.16. The molecular weight excluding hydrogens is 266 g/mol. The molecular formula is C15H17N5O. The van der Waals surface area contributed by atoms with Crippen molar-refractivity contribution < 1.29 is 4.79 Å². The van der Waals surface area contributed by atoms with Crippen molar-refractivity contribution in [3.63, 3.8) is 0 Å². The molecule has 0 fully saturated rings. The van der Waals surface area contributed by atoms with Crippen molar-refractivity contribution in [2.24, 2.45) is 0 Å². The number of hydrogen-bond acceptors (Lipinski definition) is 3. The highest BCUT2D eigenvalue weighted by Crippen LogP contribution is 2.15. The molecule has 0 spiro atoms. The molecule has 3 rings (SSSR count). The second kappa shape index (κ2) is 5.40. The van der Waals surface area contributed by atoms with Crippen LogP contribution in [-0.2, 0) is 6.42 Å². The lowest BCUT2D eigenvalue weighted by Crippen LogP contribution is -2.34. The van der Waals surface area contributed by atoms with Crippen molar-refractivity contribution in [1.29, 1.82) is 0 Å². The van der Waals surface area contributed by atoms with Gasteiger partial charge in [-0.2, -0.15) is 10.2 Å². The lowest BCUT2D eigenvalue weighted by atomic mass is 10.1. The molecule has 0 saturated heterocycles. The number of amides is 1. The number of nitrogens with one attached hydrogen (secondary N) is 3. The molecule has 0 bridgehead atoms. The Kier molecular flexibility index (Phi) is 3.43. The Balaban J connectivity index is 1.71. The minimum Gasteiger partial charge on any atom is -0.348 e. The average molecular weight is 283 g/mol. The van der Waals surface area contributed by atoms with Crippen molar-refractivity contribution in [3.8, 4) is 0 Å². The van der Waals surface area contributed by atoms with Gasteiger partial charge in [0.15, 0.2) is 5.69 Å². The second-order valence-corrected chi connectivity index (χ2v) is 5.24. The molecule has 21 heavy (non-hydrogen) atoms. The molecule has 0 aliphatic heterocycles. The molecule has 6 nitrogen and oxygen atoms in total. The highest BCUT2D eigenvalue weighted by atomic mass is 16.2. The fourth-order valence-electron chi connectivity index (χ4n) is 2.37. The van der Waals surface area contributed by atoms with E-state index in [2.05, 4.69) is 25.7 Å². The largest absolute Gasteiger partial charge is 0.348 e. The summed E-state index contributed by atoms with van der Waals surface area (Å²) in [5.74, 6) is -0.174. The summed E-state index contributed by atoms with van der Waals surface area (Å²) in [6.07, 6.45) is 0.679. The minimum atomic E-state index is -0.174. The molecule has 2 heterocycles. The molecule has 1 aromatic carbocycles. The number of aryl methyl sites for hydroxylation is 1. The van der Waals surface area contributed by atoms with E-state index in [1.807, 2.05) is 44.2 Å². The third-order valence-corrected chi connectivity index (χ3v) is 3.34. The molecule has 6 heteroatoms. The van der Waals surface area contributed by atoms with Crippen LogP contribution in [0, 0.1) is 6.92 Å². The number of H-pyrrole nitrogens is 2. The number of nitrogens with zero attached hydrogens (tertiary/aromatic N) is 2. The van der Waals surface area contributed by atoms with Crippen LogP contribution in [0.3, 0.4) is 0 Å². The Hall–Kier alpha value is -2.63. The van der Waals surface area contributed by atoms with Crippen LogP contribution in [0.5, 0.6) is 0 Å². The van der Waals surface area contributed by atoms with Gasteiger partial charge >= 0.3 is 0 Å². The number of fused-ring (bicyclic) bond motifs is 1. The lowest BCUT2D eigenvalue weighted by Gasteiger charge is -2.11. The highest BCUT2D eigenvalue weighted by molar-refractivity contribution is 6.04. The number of carbonyl (C=O) groups is 1. The first-order valence-corrected chi connectivity index (χ1v) is 6.88. The van der Waals surface area contributed by atoms with Crippen molar-refractivity contribution in [1.82, 2.24) is 25.7 Å². The minimum absolute atomic E-state index is 0.0179. The van der Waals surface area contributed by atoms with Crippen LogP contribution in [0.2, 0.25) is 0 Å². The molecule has 1 atom stereocenters. The molecule has 0 saturated carbocycles. The zero-order chi connectivity index (χ0) is 14.8. The van der Waals surface area contributed by atoms with Gasteiger partial charge in [-0.3, -0.25) is 15.0 Å². The molecule has 1 amide bonds. The summed E-state index contributed by atoms with van der Waals surface area (Å²) in [5, 5.41) is 17.8. The van der Waals surface area contributed by atoms with Crippen molar-refractivity contribution in [2.45, 2.75) is 26.3 Å². The van der Waals surface area contributed by atoms with Crippen LogP contribution in [0.25, 0.3) is 10.9 Å². The molecule has 2 aromatic heterocycles. The zero-order valence-electron chi connectivity index (χ0n) is 12.0. The molecule has 108 valence electrons. The normalized spacial score (nSPS) is 12.5. The maximum absolute atomic E-state index is 12.3. The van der Waals surface area contributed by atoms with E-state index in [9.17, 15) is 4.79 Å². The fourth-order valence-corrected chi connectivity index (χ4v) is 2.37. The van der Waals surface area contributed by atoms with E-state index in [0.717, 1.165) is 22.3 Å². The van der Waals surface area contributed by atoms with E-state index in [4.69, 9.17) is 0 Å². The van der Waals surface area contributed by atoms with Gasteiger partial charge in [-0.05, 0) is 26.0 Å². The number of benzene rings is 1. The predicted molar refractivity (Wildman–Crippen MR) is 80.1 cm³/mol. The average Bonchev–Trinajstić information content (AvgIpc) is 3.04. The summed E-state index contributed by atoms with van der Waals surface area (Å²) in [4.78, 5) is 12.3. The smallest absolute Gasteiger partial charge is 0.272 e. The van der Waals surface area contributed by atoms with E-state index in [1.54, 1.807) is 0 Å². The van der Waals surface area contributed by atoms with Gasteiger partial charge in [-0.1, -0.05) is 18.2 Å². The number of carbonyl (C=O) groups excluding carboxylic acids is 1. The van der Waals surface area contributed by atoms with Gasteiger partial charge in [-0.15, -0.1) is 0 Å². The van der Waals surface area contributed by atoms with Crippen LogP contribution in [0.4, 0.5) is 0 Å². The van der Waals surface area contributed by atoms with Gasteiger partial charge < -0.3 is 5.32 Å². The van der Waals surface area contributed by atoms with Crippen LogP contribution in [0.1, 0.15) is 28.8 Å². The number of aromatic nitrogens is 4. The summed E-state index contributed by atoms with van der Waals surface area (Å²) >= 11 is 0. The first-order valence-electron chi connectivity index (χ1n) is 6.88. The Labute approximate surface area is 122 Å². The molecule has 0 radical (unpaired) electrons. The summed E-state index contributed by atoms with van der Waals surface area (Å²) in [6, 6.07) is 9.54. The third-order valence-electron chi connectivity index (χ3n) is 3.34. The van der Waals surface area contributed by atoms with Crippen molar-refractivity contribution in [2.75, 3.05) is 0 Å². The molecule has 0 aliphatic carbocycles. The SMILES string of the molecule is Cc1cc(CC(C)NC(=O)c2n[nH]c3ccccc23)n[nH]1. The van der Waals surface area contributed by atoms with Crippen LogP contribution < -0.4 is 5.32 Å². The quantitative estimate of drug-likeness (QED) is 0.684. The van der Waals surface area contributed by atoms with E-state index >= 15 is 0 Å². The second-order valence-electron chi connectivity index (χ2n) is 5.24. The Bertz CT molecular complexity index is 773. The van der Waals surface area contributed by atoms with E-state index in [0.29, 0.717) is 12.1 Å². The summed E-state index contributed by atoms with van der Waals surface area (Å²) < 4.78 is 0. The van der Waals surface area contributed by atoms with Crippen LogP contribution in [-0.4, -0.2) is 32.3 Å². The maximum atomic E-state index is 12.3.